The SMILES string of the molecule is CCn1c(S/C(=C\c2cc(C)n(-c3ccc(Cl)cc3)c2C)C(=O)O)nnc1-c1ccc(Cl)cc1. The summed E-state index contributed by atoms with van der Waals surface area (Å²) in [6.07, 6.45) is 1.68. The van der Waals surface area contributed by atoms with E-state index in [0.717, 1.165) is 40.0 Å². The van der Waals surface area contributed by atoms with Gasteiger partial charge < -0.3 is 14.2 Å². The van der Waals surface area contributed by atoms with Gasteiger partial charge in [0.25, 0.3) is 0 Å². The van der Waals surface area contributed by atoms with E-state index in [1.165, 1.54) is 0 Å². The summed E-state index contributed by atoms with van der Waals surface area (Å²) in [6.45, 7) is 6.51. The van der Waals surface area contributed by atoms with Crippen molar-refractivity contribution in [3.05, 3.63) is 86.5 Å². The van der Waals surface area contributed by atoms with E-state index in [2.05, 4.69) is 14.8 Å². The number of aryl methyl sites for hydroxylation is 1. The Morgan fingerprint density at radius 1 is 1.03 bits per heavy atom. The van der Waals surface area contributed by atoms with Crippen LogP contribution in [0.25, 0.3) is 23.2 Å². The lowest BCUT2D eigenvalue weighted by Gasteiger charge is -2.10. The van der Waals surface area contributed by atoms with Crippen LogP contribution in [0.3, 0.4) is 0 Å². The van der Waals surface area contributed by atoms with Crippen LogP contribution >= 0.6 is 35.0 Å². The molecular weight excluding hydrogens is 491 g/mol. The van der Waals surface area contributed by atoms with E-state index in [1.54, 1.807) is 18.2 Å². The first-order valence-electron chi connectivity index (χ1n) is 10.5. The average molecular weight is 513 g/mol. The highest BCUT2D eigenvalue weighted by Crippen LogP contribution is 2.32. The molecule has 9 heteroatoms. The minimum atomic E-state index is -1.03. The first kappa shape index (κ1) is 24.1. The summed E-state index contributed by atoms with van der Waals surface area (Å²) in [7, 11) is 0. The molecule has 0 fully saturated rings. The molecular formula is C25H22Cl2N4O2S. The van der Waals surface area contributed by atoms with E-state index in [4.69, 9.17) is 23.2 Å². The maximum atomic E-state index is 12.1. The Labute approximate surface area is 211 Å². The fourth-order valence-electron chi connectivity index (χ4n) is 3.76. The number of nitrogens with zero attached hydrogens (tertiary/aromatic N) is 4. The summed E-state index contributed by atoms with van der Waals surface area (Å²) >= 11 is 13.1. The topological polar surface area (TPSA) is 72.9 Å². The number of halogens is 2. The van der Waals surface area contributed by atoms with E-state index in [9.17, 15) is 9.90 Å². The van der Waals surface area contributed by atoms with Gasteiger partial charge in [-0.3, -0.25) is 0 Å². The number of carboxylic acids is 1. The summed E-state index contributed by atoms with van der Waals surface area (Å²) in [4.78, 5) is 12.3. The zero-order chi connectivity index (χ0) is 24.4. The third kappa shape index (κ3) is 4.92. The second-order valence-corrected chi connectivity index (χ2v) is 9.49. The fourth-order valence-corrected chi connectivity index (χ4v) is 4.89. The molecule has 0 atom stereocenters. The second kappa shape index (κ2) is 10.1. The number of aliphatic carboxylic acids is 1. The zero-order valence-corrected chi connectivity index (χ0v) is 21.1. The van der Waals surface area contributed by atoms with Gasteiger partial charge in [-0.15, -0.1) is 10.2 Å². The van der Waals surface area contributed by atoms with E-state index in [0.29, 0.717) is 27.6 Å². The van der Waals surface area contributed by atoms with Gasteiger partial charge in [0.05, 0.1) is 0 Å². The van der Waals surface area contributed by atoms with Crippen LogP contribution in [0.5, 0.6) is 0 Å². The minimum Gasteiger partial charge on any atom is -0.477 e. The minimum absolute atomic E-state index is 0.154. The van der Waals surface area contributed by atoms with Crippen LogP contribution in [0.2, 0.25) is 10.0 Å². The molecule has 2 heterocycles. The Balaban J connectivity index is 1.70. The van der Waals surface area contributed by atoms with Crippen LogP contribution in [-0.2, 0) is 11.3 Å². The Kier molecular flexibility index (Phi) is 7.16. The van der Waals surface area contributed by atoms with Gasteiger partial charge in [-0.2, -0.15) is 0 Å². The Hall–Kier alpha value is -3.00. The Bertz CT molecular complexity index is 1370. The monoisotopic (exact) mass is 512 g/mol. The number of carboxylic acid groups (broad SMARTS) is 1. The van der Waals surface area contributed by atoms with E-state index in [-0.39, 0.29) is 4.91 Å². The van der Waals surface area contributed by atoms with Gasteiger partial charge in [0.15, 0.2) is 11.0 Å². The molecule has 0 aliphatic heterocycles. The van der Waals surface area contributed by atoms with E-state index < -0.39 is 5.97 Å². The summed E-state index contributed by atoms with van der Waals surface area (Å²) in [5.74, 6) is -0.368. The van der Waals surface area contributed by atoms with Gasteiger partial charge in [0.1, 0.15) is 4.91 Å². The predicted octanol–water partition coefficient (Wildman–Crippen LogP) is 6.90. The third-order valence-electron chi connectivity index (χ3n) is 5.39. The van der Waals surface area contributed by atoms with Gasteiger partial charge in [0, 0.05) is 39.2 Å². The largest absolute Gasteiger partial charge is 0.477 e. The maximum absolute atomic E-state index is 12.1. The van der Waals surface area contributed by atoms with E-state index in [1.807, 2.05) is 67.8 Å². The molecule has 0 saturated heterocycles. The number of rotatable bonds is 7. The smallest absolute Gasteiger partial charge is 0.342 e. The molecule has 0 saturated carbocycles. The summed E-state index contributed by atoms with van der Waals surface area (Å²) in [6, 6.07) is 16.8. The first-order valence-corrected chi connectivity index (χ1v) is 12.1. The van der Waals surface area contributed by atoms with Crippen LogP contribution in [0, 0.1) is 13.8 Å². The van der Waals surface area contributed by atoms with Crippen molar-refractivity contribution in [3.8, 4) is 17.1 Å². The number of thioether (sulfide) groups is 1. The van der Waals surface area contributed by atoms with Crippen LogP contribution in [0.4, 0.5) is 0 Å². The van der Waals surface area contributed by atoms with Crippen LogP contribution in [-0.4, -0.2) is 30.4 Å². The molecule has 1 N–H and O–H groups in total. The molecule has 6 nitrogen and oxygen atoms in total. The van der Waals surface area contributed by atoms with Crippen LogP contribution in [0.15, 0.2) is 64.7 Å². The van der Waals surface area contributed by atoms with Gasteiger partial charge in [-0.25, -0.2) is 4.79 Å². The Morgan fingerprint density at radius 3 is 2.24 bits per heavy atom. The molecule has 0 spiro atoms. The third-order valence-corrected chi connectivity index (χ3v) is 6.89. The van der Waals surface area contributed by atoms with Gasteiger partial charge in [-0.05, 0) is 98.8 Å². The molecule has 0 bridgehead atoms. The number of aromatic nitrogens is 4. The van der Waals surface area contributed by atoms with Gasteiger partial charge in [-0.1, -0.05) is 23.2 Å². The number of carbonyl (C=O) groups is 1. The van der Waals surface area contributed by atoms with Crippen molar-refractivity contribution >= 4 is 47.0 Å². The highest BCUT2D eigenvalue weighted by molar-refractivity contribution is 8.04. The van der Waals surface area contributed by atoms with Crippen molar-refractivity contribution in [1.29, 1.82) is 0 Å². The van der Waals surface area contributed by atoms with Gasteiger partial charge >= 0.3 is 5.97 Å². The standard InChI is InChI=1S/C25H22Cl2N4O2S/c1-4-30-23(17-5-7-19(26)8-6-17)28-29-25(30)34-22(24(32)33)14-18-13-15(2)31(16(18)3)21-11-9-20(27)10-12-21/h5-14H,4H2,1-3H3,(H,32,33)/b22-14-. The average Bonchev–Trinajstić information content (AvgIpc) is 3.34. The number of hydrogen-bond donors (Lipinski definition) is 1. The Morgan fingerprint density at radius 2 is 1.65 bits per heavy atom. The molecule has 0 radical (unpaired) electrons. The molecule has 4 rings (SSSR count). The van der Waals surface area contributed by atoms with Crippen molar-refractivity contribution < 1.29 is 9.90 Å². The zero-order valence-electron chi connectivity index (χ0n) is 18.8. The van der Waals surface area contributed by atoms with Crippen molar-refractivity contribution in [1.82, 2.24) is 19.3 Å². The molecule has 34 heavy (non-hydrogen) atoms. The van der Waals surface area contributed by atoms with Crippen LogP contribution in [0.1, 0.15) is 23.9 Å². The molecule has 0 amide bonds. The van der Waals surface area contributed by atoms with E-state index >= 15 is 0 Å². The quantitative estimate of drug-likeness (QED) is 0.215. The van der Waals surface area contributed by atoms with Gasteiger partial charge in [0.2, 0.25) is 0 Å². The number of benzene rings is 2. The molecule has 2 aromatic carbocycles. The summed E-state index contributed by atoms with van der Waals surface area (Å²) in [5, 5.41) is 20.3. The highest BCUT2D eigenvalue weighted by atomic mass is 35.5. The predicted molar refractivity (Wildman–Crippen MR) is 138 cm³/mol. The van der Waals surface area contributed by atoms with Crippen LogP contribution < -0.4 is 0 Å². The molecule has 0 aliphatic carbocycles. The molecule has 0 aliphatic rings. The summed E-state index contributed by atoms with van der Waals surface area (Å²) in [5.41, 5.74) is 4.55. The molecule has 0 unspecified atom stereocenters. The van der Waals surface area contributed by atoms with Crippen molar-refractivity contribution in [2.24, 2.45) is 0 Å². The number of hydrogen-bond acceptors (Lipinski definition) is 4. The van der Waals surface area contributed by atoms with Crippen molar-refractivity contribution in [2.75, 3.05) is 0 Å². The maximum Gasteiger partial charge on any atom is 0.342 e. The lowest BCUT2D eigenvalue weighted by atomic mass is 10.2. The highest BCUT2D eigenvalue weighted by Gasteiger charge is 2.19. The fraction of sp³-hybridized carbons (Fsp3) is 0.160. The lowest BCUT2D eigenvalue weighted by Crippen LogP contribution is -2.03. The lowest BCUT2D eigenvalue weighted by molar-refractivity contribution is -0.131. The molecule has 174 valence electrons. The van der Waals surface area contributed by atoms with Crippen molar-refractivity contribution in [3.63, 3.8) is 0 Å². The first-order chi connectivity index (χ1) is 16.3. The second-order valence-electron chi connectivity index (χ2n) is 7.61. The summed E-state index contributed by atoms with van der Waals surface area (Å²) < 4.78 is 3.96. The normalized spacial score (nSPS) is 11.7. The molecule has 2 aromatic heterocycles. The molecule has 4 aromatic rings. The van der Waals surface area contributed by atoms with Crippen molar-refractivity contribution in [2.45, 2.75) is 32.5 Å².